The first-order valence-corrected chi connectivity index (χ1v) is 11.8. The SMILES string of the molecule is CC1=C(c2ccc(C)cc2)S(=O)(=O)N=C1N1CCCN(C(=O)Cn2ccnc2C)CC1. The monoisotopic (exact) mass is 441 g/mol. The standard InChI is InChI=1S/C22H27N5O3S/c1-16-5-7-19(8-6-16)21-17(2)22(24-31(21,29)30)26-11-4-10-25(13-14-26)20(28)15-27-12-9-23-18(27)3/h5-9,12H,4,10-11,13-15H2,1-3H3. The van der Waals surface area contributed by atoms with Gasteiger partial charge in [0.15, 0.2) is 0 Å². The van der Waals surface area contributed by atoms with Crippen molar-refractivity contribution in [3.05, 3.63) is 59.2 Å². The number of rotatable bonds is 3. The second-order valence-electron chi connectivity index (χ2n) is 8.03. The van der Waals surface area contributed by atoms with Gasteiger partial charge in [-0.05, 0) is 32.8 Å². The Hall–Kier alpha value is -2.94. The fraction of sp³-hybridized carbons (Fsp3) is 0.409. The van der Waals surface area contributed by atoms with Crippen LogP contribution in [0.5, 0.6) is 0 Å². The van der Waals surface area contributed by atoms with Crippen molar-refractivity contribution < 1.29 is 13.2 Å². The third-order valence-electron chi connectivity index (χ3n) is 5.83. The molecule has 164 valence electrons. The first kappa shape index (κ1) is 21.3. The molecule has 1 saturated heterocycles. The van der Waals surface area contributed by atoms with E-state index in [0.29, 0.717) is 43.2 Å². The fourth-order valence-corrected chi connectivity index (χ4v) is 5.57. The van der Waals surface area contributed by atoms with Crippen LogP contribution >= 0.6 is 0 Å². The topological polar surface area (TPSA) is 87.9 Å². The Bertz CT molecular complexity index is 1160. The normalized spacial score (nSPS) is 18.9. The largest absolute Gasteiger partial charge is 0.354 e. The molecule has 2 aliphatic heterocycles. The van der Waals surface area contributed by atoms with E-state index >= 15 is 0 Å². The lowest BCUT2D eigenvalue weighted by atomic mass is 10.1. The number of hydrogen-bond donors (Lipinski definition) is 0. The van der Waals surface area contributed by atoms with E-state index < -0.39 is 10.0 Å². The molecule has 0 N–H and O–H groups in total. The van der Waals surface area contributed by atoms with Crippen LogP contribution in [0.25, 0.3) is 4.91 Å². The zero-order valence-electron chi connectivity index (χ0n) is 18.1. The molecule has 3 heterocycles. The fourth-order valence-electron chi connectivity index (χ4n) is 4.08. The number of amidine groups is 1. The molecule has 9 heteroatoms. The molecule has 2 aliphatic rings. The number of carbonyl (C=O) groups is 1. The summed E-state index contributed by atoms with van der Waals surface area (Å²) in [5.41, 5.74) is 2.39. The molecule has 0 saturated carbocycles. The molecule has 1 aromatic heterocycles. The highest BCUT2D eigenvalue weighted by Crippen LogP contribution is 2.34. The van der Waals surface area contributed by atoms with Gasteiger partial charge in [0.2, 0.25) is 5.91 Å². The number of aryl methyl sites for hydroxylation is 2. The summed E-state index contributed by atoms with van der Waals surface area (Å²) in [5.74, 6) is 1.34. The maximum atomic E-state index is 12.8. The van der Waals surface area contributed by atoms with Crippen LogP contribution in [0.4, 0.5) is 0 Å². The molecule has 1 fully saturated rings. The maximum absolute atomic E-state index is 12.8. The highest BCUT2D eigenvalue weighted by Gasteiger charge is 2.34. The van der Waals surface area contributed by atoms with Crippen molar-refractivity contribution >= 4 is 26.7 Å². The minimum Gasteiger partial charge on any atom is -0.354 e. The van der Waals surface area contributed by atoms with E-state index in [4.69, 9.17) is 0 Å². The number of hydrogen-bond acceptors (Lipinski definition) is 5. The Balaban J connectivity index is 1.51. The Morgan fingerprint density at radius 3 is 2.45 bits per heavy atom. The summed E-state index contributed by atoms with van der Waals surface area (Å²) in [4.78, 5) is 21.0. The van der Waals surface area contributed by atoms with Gasteiger partial charge in [0.1, 0.15) is 23.1 Å². The number of amides is 1. The molecule has 8 nitrogen and oxygen atoms in total. The van der Waals surface area contributed by atoms with Gasteiger partial charge in [0.05, 0.1) is 0 Å². The van der Waals surface area contributed by atoms with Gasteiger partial charge in [-0.3, -0.25) is 4.79 Å². The van der Waals surface area contributed by atoms with Crippen LogP contribution in [-0.4, -0.2) is 65.7 Å². The third-order valence-corrected chi connectivity index (χ3v) is 7.30. The molecule has 4 rings (SSSR count). The minimum atomic E-state index is -3.75. The third kappa shape index (κ3) is 4.27. The summed E-state index contributed by atoms with van der Waals surface area (Å²) in [5, 5.41) is 0. The van der Waals surface area contributed by atoms with E-state index in [9.17, 15) is 13.2 Å². The van der Waals surface area contributed by atoms with E-state index in [1.54, 1.807) is 12.4 Å². The van der Waals surface area contributed by atoms with Gasteiger partial charge >= 0.3 is 0 Å². The Labute approximate surface area is 183 Å². The van der Waals surface area contributed by atoms with E-state index in [1.165, 1.54) is 0 Å². The van der Waals surface area contributed by atoms with Crippen LogP contribution in [0.2, 0.25) is 0 Å². The van der Waals surface area contributed by atoms with Crippen LogP contribution in [0.15, 0.2) is 46.6 Å². The summed E-state index contributed by atoms with van der Waals surface area (Å²) in [6, 6.07) is 7.46. The number of carbonyl (C=O) groups excluding carboxylic acids is 1. The van der Waals surface area contributed by atoms with Gasteiger partial charge in [0, 0.05) is 44.1 Å². The number of imidazole rings is 1. The van der Waals surface area contributed by atoms with Crippen molar-refractivity contribution in [1.29, 1.82) is 0 Å². The molecule has 31 heavy (non-hydrogen) atoms. The lowest BCUT2D eigenvalue weighted by molar-refractivity contribution is -0.131. The van der Waals surface area contributed by atoms with E-state index in [-0.39, 0.29) is 17.4 Å². The molecule has 0 aliphatic carbocycles. The van der Waals surface area contributed by atoms with Gasteiger partial charge < -0.3 is 14.4 Å². The van der Waals surface area contributed by atoms with Crippen LogP contribution in [-0.2, 0) is 21.4 Å². The van der Waals surface area contributed by atoms with E-state index in [2.05, 4.69) is 9.38 Å². The lowest BCUT2D eigenvalue weighted by Gasteiger charge is -2.24. The Morgan fingerprint density at radius 1 is 1.03 bits per heavy atom. The number of aromatic nitrogens is 2. The molecule has 2 aromatic rings. The number of nitrogens with zero attached hydrogens (tertiary/aromatic N) is 5. The minimum absolute atomic E-state index is 0.0385. The van der Waals surface area contributed by atoms with Crippen LogP contribution < -0.4 is 0 Å². The van der Waals surface area contributed by atoms with Crippen LogP contribution in [0.1, 0.15) is 30.3 Å². The molecule has 0 bridgehead atoms. The van der Waals surface area contributed by atoms with E-state index in [1.807, 2.05) is 59.4 Å². The smallest absolute Gasteiger partial charge is 0.285 e. The van der Waals surface area contributed by atoms with Crippen molar-refractivity contribution in [2.75, 3.05) is 26.2 Å². The Morgan fingerprint density at radius 2 is 1.77 bits per heavy atom. The Kier molecular flexibility index (Phi) is 5.70. The summed E-state index contributed by atoms with van der Waals surface area (Å²) >= 11 is 0. The molecular weight excluding hydrogens is 414 g/mol. The van der Waals surface area contributed by atoms with E-state index in [0.717, 1.165) is 17.8 Å². The molecule has 0 spiro atoms. The number of benzene rings is 1. The van der Waals surface area contributed by atoms with Crippen molar-refractivity contribution in [2.24, 2.45) is 4.40 Å². The van der Waals surface area contributed by atoms with Gasteiger partial charge in [-0.25, -0.2) is 4.98 Å². The summed E-state index contributed by atoms with van der Waals surface area (Å²) in [6.07, 6.45) is 4.24. The molecule has 0 atom stereocenters. The van der Waals surface area contributed by atoms with Gasteiger partial charge in [-0.2, -0.15) is 8.42 Å². The summed E-state index contributed by atoms with van der Waals surface area (Å²) in [7, 11) is -3.75. The molecule has 0 radical (unpaired) electrons. The molecule has 1 amide bonds. The van der Waals surface area contributed by atoms with Gasteiger partial charge in [-0.1, -0.05) is 29.8 Å². The number of sulfonamides is 1. The highest BCUT2D eigenvalue weighted by atomic mass is 32.2. The van der Waals surface area contributed by atoms with Crippen molar-refractivity contribution in [3.63, 3.8) is 0 Å². The lowest BCUT2D eigenvalue weighted by Crippen LogP contribution is -2.38. The first-order chi connectivity index (χ1) is 14.8. The zero-order chi connectivity index (χ0) is 22.2. The molecule has 0 unspecified atom stereocenters. The average molecular weight is 442 g/mol. The summed E-state index contributed by atoms with van der Waals surface area (Å²) < 4.78 is 31.6. The van der Waals surface area contributed by atoms with Crippen molar-refractivity contribution in [1.82, 2.24) is 19.4 Å². The van der Waals surface area contributed by atoms with Crippen LogP contribution in [0.3, 0.4) is 0 Å². The first-order valence-electron chi connectivity index (χ1n) is 10.4. The van der Waals surface area contributed by atoms with Gasteiger partial charge in [0.25, 0.3) is 10.0 Å². The average Bonchev–Trinajstić information content (AvgIpc) is 3.10. The summed E-state index contributed by atoms with van der Waals surface area (Å²) in [6.45, 7) is 8.27. The van der Waals surface area contributed by atoms with Gasteiger partial charge in [-0.15, -0.1) is 4.40 Å². The second kappa shape index (κ2) is 8.30. The molecular formula is C22H27N5O3S. The maximum Gasteiger partial charge on any atom is 0.285 e. The second-order valence-corrected chi connectivity index (χ2v) is 9.57. The van der Waals surface area contributed by atoms with Crippen LogP contribution in [0, 0.1) is 13.8 Å². The highest BCUT2D eigenvalue weighted by molar-refractivity contribution is 8.00. The van der Waals surface area contributed by atoms with Crippen molar-refractivity contribution in [3.8, 4) is 0 Å². The quantitative estimate of drug-likeness (QED) is 0.729. The predicted molar refractivity (Wildman–Crippen MR) is 120 cm³/mol. The predicted octanol–water partition coefficient (Wildman–Crippen LogP) is 2.21. The molecule has 1 aromatic carbocycles. The zero-order valence-corrected chi connectivity index (χ0v) is 18.9. The van der Waals surface area contributed by atoms with Crippen molar-refractivity contribution in [2.45, 2.75) is 33.7 Å².